The average molecular weight is 613 g/mol. The van der Waals surface area contributed by atoms with Crippen molar-refractivity contribution in [3.63, 3.8) is 0 Å². The Balaban J connectivity index is 1.55. The van der Waals surface area contributed by atoms with Gasteiger partial charge in [0, 0.05) is 41.0 Å². The Labute approximate surface area is 255 Å². The fraction of sp³-hybridized carbons (Fsp3) is 0.312. The molecule has 0 aliphatic carbocycles. The molecule has 8 nitrogen and oxygen atoms in total. The van der Waals surface area contributed by atoms with Gasteiger partial charge in [0.15, 0.2) is 0 Å². The summed E-state index contributed by atoms with van der Waals surface area (Å²) in [5, 5.41) is 13.7. The summed E-state index contributed by atoms with van der Waals surface area (Å²) in [4.78, 5) is 30.1. The van der Waals surface area contributed by atoms with Gasteiger partial charge in [-0.25, -0.2) is 4.79 Å². The zero-order chi connectivity index (χ0) is 30.2. The molecule has 222 valence electrons. The van der Waals surface area contributed by atoms with Gasteiger partial charge in [0.05, 0.1) is 19.3 Å². The van der Waals surface area contributed by atoms with Crippen LogP contribution in [0, 0.1) is 6.92 Å². The number of aliphatic hydroxyl groups excluding tert-OH is 1. The molecule has 1 aliphatic rings. The Morgan fingerprint density at radius 3 is 2.60 bits per heavy atom. The van der Waals surface area contributed by atoms with E-state index in [1.165, 1.54) is 0 Å². The minimum absolute atomic E-state index is 0.0921. The van der Waals surface area contributed by atoms with Gasteiger partial charge in [0.1, 0.15) is 11.8 Å². The van der Waals surface area contributed by atoms with Crippen LogP contribution in [0.4, 0.5) is 4.79 Å². The first-order valence-electron chi connectivity index (χ1n) is 13.8. The number of halogens is 2. The van der Waals surface area contributed by atoms with E-state index in [4.69, 9.17) is 32.7 Å². The van der Waals surface area contributed by atoms with E-state index in [1.807, 2.05) is 37.3 Å². The maximum absolute atomic E-state index is 13.5. The molecule has 4 rings (SSSR count). The Morgan fingerprint density at radius 2 is 1.93 bits per heavy atom. The first kappa shape index (κ1) is 31.4. The van der Waals surface area contributed by atoms with Crippen molar-refractivity contribution < 1.29 is 24.2 Å². The Bertz CT molecular complexity index is 1430. The lowest BCUT2D eigenvalue weighted by Gasteiger charge is -2.35. The van der Waals surface area contributed by atoms with Gasteiger partial charge in [0.2, 0.25) is 5.91 Å². The molecule has 0 fully saturated rings. The highest BCUT2D eigenvalue weighted by molar-refractivity contribution is 6.31. The summed E-state index contributed by atoms with van der Waals surface area (Å²) in [6.45, 7) is 8.52. The summed E-state index contributed by atoms with van der Waals surface area (Å²) in [7, 11) is 0. The van der Waals surface area contributed by atoms with Crippen molar-refractivity contribution in [2.75, 3.05) is 19.7 Å². The van der Waals surface area contributed by atoms with Crippen molar-refractivity contribution in [1.82, 2.24) is 15.2 Å². The van der Waals surface area contributed by atoms with E-state index in [1.54, 1.807) is 42.2 Å². The largest absolute Gasteiger partial charge is 0.416 e. The van der Waals surface area contributed by atoms with Crippen LogP contribution in [0.3, 0.4) is 0 Å². The second-order valence-electron chi connectivity index (χ2n) is 10.1. The highest BCUT2D eigenvalue weighted by atomic mass is 35.5. The fourth-order valence-electron chi connectivity index (χ4n) is 4.82. The third-order valence-corrected chi connectivity index (χ3v) is 7.43. The van der Waals surface area contributed by atoms with E-state index in [0.717, 1.165) is 33.6 Å². The van der Waals surface area contributed by atoms with Gasteiger partial charge >= 0.3 is 6.09 Å². The number of fused-ring (bicyclic) bond motifs is 1. The smallest absolute Gasteiger partial charge is 0.410 e. The number of allylic oxidation sites excluding steroid dienone is 2. The molecular weight excluding hydrogens is 577 g/mol. The highest BCUT2D eigenvalue weighted by Crippen LogP contribution is 2.38. The van der Waals surface area contributed by atoms with Crippen LogP contribution in [0.15, 0.2) is 66.2 Å². The van der Waals surface area contributed by atoms with Crippen LogP contribution < -0.4 is 10.1 Å². The molecule has 2 aromatic carbocycles. The minimum Gasteiger partial charge on any atom is -0.410 e. The van der Waals surface area contributed by atoms with Gasteiger partial charge in [-0.15, -0.1) is 0 Å². The first-order valence-corrected chi connectivity index (χ1v) is 14.5. The van der Waals surface area contributed by atoms with Gasteiger partial charge < -0.3 is 24.9 Å². The van der Waals surface area contributed by atoms with Crippen molar-refractivity contribution in [2.45, 2.75) is 45.4 Å². The number of carbonyl (C=O) groups excluding carboxylic acids is 2. The topological polar surface area (TPSA) is 104 Å². The average Bonchev–Trinajstić information content (AvgIpc) is 3.31. The molecule has 2 unspecified atom stereocenters. The molecule has 42 heavy (non-hydrogen) atoms. The van der Waals surface area contributed by atoms with Gasteiger partial charge in [0.25, 0.3) is 0 Å². The lowest BCUT2D eigenvalue weighted by atomic mass is 9.92. The zero-order valence-corrected chi connectivity index (χ0v) is 25.2. The summed E-state index contributed by atoms with van der Waals surface area (Å²) in [5.41, 5.74) is 5.85. The predicted molar refractivity (Wildman–Crippen MR) is 165 cm³/mol. The molecule has 1 aliphatic heterocycles. The summed E-state index contributed by atoms with van der Waals surface area (Å²) in [6, 6.07) is 14.0. The van der Waals surface area contributed by atoms with Crippen LogP contribution in [-0.2, 0) is 22.6 Å². The number of nitrogens with zero attached hydrogens (tertiary/aromatic N) is 1. The Hall–Kier alpha value is -3.56. The standard InChI is InChI=1S/C32H35Cl2N3O5/c1-4-29(39)35-17-25(38)19-41-18-22-6-8-23(9-7-22)31-30-27(21(3)28(36-30)14-5-20(2)33)15-16-37(31)32(40)42-26-12-10-24(34)11-13-26/h5-14,25,31,36,38H,2,4,15-19H2,1,3H3,(H,35,39)/b14-5-. The fourth-order valence-corrected chi connectivity index (χ4v) is 5.01. The molecule has 3 N–H and O–H groups in total. The monoisotopic (exact) mass is 611 g/mol. The van der Waals surface area contributed by atoms with E-state index >= 15 is 0 Å². The number of aromatic nitrogens is 1. The minimum atomic E-state index is -0.795. The quantitative estimate of drug-likeness (QED) is 0.221. The second kappa shape index (κ2) is 14.6. The number of amides is 2. The number of nitrogens with one attached hydrogen (secondary N) is 2. The third kappa shape index (κ3) is 8.04. The Kier molecular flexibility index (Phi) is 10.9. The summed E-state index contributed by atoms with van der Waals surface area (Å²) in [6.07, 6.45) is 3.38. The number of carbonyl (C=O) groups is 2. The summed E-state index contributed by atoms with van der Waals surface area (Å²) < 4.78 is 11.4. The Morgan fingerprint density at radius 1 is 1.21 bits per heavy atom. The van der Waals surface area contributed by atoms with Gasteiger partial charge in [-0.05, 0) is 72.0 Å². The molecule has 0 bridgehead atoms. The number of H-pyrrole nitrogens is 1. The number of ether oxygens (including phenoxy) is 2. The maximum atomic E-state index is 13.5. The van der Waals surface area contributed by atoms with Crippen molar-refractivity contribution in [2.24, 2.45) is 0 Å². The van der Waals surface area contributed by atoms with Crippen LogP contribution in [0.1, 0.15) is 53.0 Å². The van der Waals surface area contributed by atoms with E-state index in [2.05, 4.69) is 16.9 Å². The molecule has 10 heteroatoms. The third-order valence-electron chi connectivity index (χ3n) is 7.05. The number of benzene rings is 2. The van der Waals surface area contributed by atoms with E-state index in [0.29, 0.717) is 35.2 Å². The first-order chi connectivity index (χ1) is 20.2. The number of hydrogen-bond donors (Lipinski definition) is 3. The molecule has 0 saturated heterocycles. The number of aliphatic hydroxyl groups is 1. The molecule has 0 saturated carbocycles. The van der Waals surface area contributed by atoms with Crippen LogP contribution in [0.5, 0.6) is 5.75 Å². The molecule has 0 radical (unpaired) electrons. The van der Waals surface area contributed by atoms with Crippen molar-refractivity contribution in [3.8, 4) is 5.75 Å². The number of hydrogen-bond acceptors (Lipinski definition) is 5. The van der Waals surface area contributed by atoms with Gasteiger partial charge in [-0.2, -0.15) is 0 Å². The molecule has 3 aromatic rings. The highest BCUT2D eigenvalue weighted by Gasteiger charge is 2.36. The summed E-state index contributed by atoms with van der Waals surface area (Å²) >= 11 is 12.0. The number of rotatable bonds is 11. The number of aromatic amines is 1. The molecule has 0 spiro atoms. The summed E-state index contributed by atoms with van der Waals surface area (Å²) in [5.74, 6) is 0.288. The van der Waals surface area contributed by atoms with Crippen molar-refractivity contribution in [3.05, 3.63) is 105 Å². The SMILES string of the molecule is C=C(Cl)/C=C\c1[nH]c2c(c1C)CCN(C(=O)Oc1ccc(Cl)cc1)C2c1ccc(COCC(O)CNC(=O)CC)cc1. The van der Waals surface area contributed by atoms with Crippen LogP contribution in [-0.4, -0.2) is 52.8 Å². The van der Waals surface area contributed by atoms with E-state index in [-0.39, 0.29) is 25.7 Å². The lowest BCUT2D eigenvalue weighted by molar-refractivity contribution is -0.121. The maximum Gasteiger partial charge on any atom is 0.416 e. The molecular formula is C32H35Cl2N3O5. The molecule has 2 amide bonds. The van der Waals surface area contributed by atoms with Crippen LogP contribution >= 0.6 is 23.2 Å². The zero-order valence-electron chi connectivity index (χ0n) is 23.7. The van der Waals surface area contributed by atoms with Gasteiger partial charge in [-0.1, -0.05) is 61.0 Å². The van der Waals surface area contributed by atoms with Crippen molar-refractivity contribution in [1.29, 1.82) is 0 Å². The predicted octanol–water partition coefficient (Wildman–Crippen LogP) is 6.29. The second-order valence-corrected chi connectivity index (χ2v) is 11.0. The molecule has 2 heterocycles. The van der Waals surface area contributed by atoms with Crippen molar-refractivity contribution >= 4 is 41.3 Å². The van der Waals surface area contributed by atoms with Crippen LogP contribution in [0.25, 0.3) is 6.08 Å². The lowest BCUT2D eigenvalue weighted by Crippen LogP contribution is -2.42. The van der Waals surface area contributed by atoms with Crippen LogP contribution in [0.2, 0.25) is 5.02 Å². The molecule has 1 aromatic heterocycles. The van der Waals surface area contributed by atoms with E-state index in [9.17, 15) is 14.7 Å². The molecule has 2 atom stereocenters. The van der Waals surface area contributed by atoms with E-state index < -0.39 is 18.2 Å². The normalized spacial score (nSPS) is 15.4. The van der Waals surface area contributed by atoms with Gasteiger partial charge in [-0.3, -0.25) is 9.69 Å².